The maximum absolute atomic E-state index is 11.1. The average Bonchev–Trinajstić information content (AvgIpc) is 2.60. The third-order valence-corrected chi connectivity index (χ3v) is 2.97. The quantitative estimate of drug-likeness (QED) is 0.181. The van der Waals surface area contributed by atoms with Crippen LogP contribution in [0.4, 0.5) is 0 Å². The number of hydrogen-bond acceptors (Lipinski definition) is 8. The fraction of sp³-hybridized carbons (Fsp3) is 0.824. The summed E-state index contributed by atoms with van der Waals surface area (Å²) in [4.78, 5) is 15.2. The lowest BCUT2D eigenvalue weighted by Gasteiger charge is -2.07. The molecule has 0 bridgehead atoms. The highest BCUT2D eigenvalue weighted by molar-refractivity contribution is 6.31. The SMILES string of the molecule is CCC(=O)CCOCCOCCOCCOC/C(C=NC(C)C)=N/N. The molecule has 0 saturated carbocycles. The van der Waals surface area contributed by atoms with E-state index in [1.54, 1.807) is 6.21 Å². The number of rotatable bonds is 17. The summed E-state index contributed by atoms with van der Waals surface area (Å²) in [6.45, 7) is 9.44. The molecule has 0 amide bonds. The number of hydrogen-bond donors (Lipinski definition) is 1. The summed E-state index contributed by atoms with van der Waals surface area (Å²) in [7, 11) is 0. The van der Waals surface area contributed by atoms with E-state index < -0.39 is 0 Å². The number of nitrogens with two attached hydrogens (primary N) is 1. The maximum Gasteiger partial charge on any atom is 0.134 e. The number of carbonyl (C=O) groups excluding carboxylic acids is 1. The van der Waals surface area contributed by atoms with Gasteiger partial charge in [-0.1, -0.05) is 6.92 Å². The zero-order valence-corrected chi connectivity index (χ0v) is 15.7. The molecule has 0 unspecified atom stereocenters. The van der Waals surface area contributed by atoms with Crippen molar-refractivity contribution in [2.24, 2.45) is 15.9 Å². The first kappa shape index (κ1) is 23.6. The predicted molar refractivity (Wildman–Crippen MR) is 98.4 cm³/mol. The Labute approximate surface area is 150 Å². The molecule has 0 atom stereocenters. The number of nitrogens with zero attached hydrogens (tertiary/aromatic N) is 2. The first-order valence-electron chi connectivity index (χ1n) is 8.72. The van der Waals surface area contributed by atoms with Gasteiger partial charge in [-0.25, -0.2) is 0 Å². The second kappa shape index (κ2) is 17.5. The lowest BCUT2D eigenvalue weighted by atomic mass is 10.2. The molecular weight excluding hydrogens is 326 g/mol. The second-order valence-electron chi connectivity index (χ2n) is 5.52. The molecule has 0 aromatic carbocycles. The van der Waals surface area contributed by atoms with Crippen LogP contribution in [-0.2, 0) is 23.7 Å². The molecule has 0 fully saturated rings. The molecule has 8 nitrogen and oxygen atoms in total. The molecule has 25 heavy (non-hydrogen) atoms. The van der Waals surface area contributed by atoms with Crippen LogP contribution in [0, 0.1) is 0 Å². The van der Waals surface area contributed by atoms with Crippen LogP contribution >= 0.6 is 0 Å². The highest BCUT2D eigenvalue weighted by atomic mass is 16.6. The molecule has 0 aliphatic rings. The van der Waals surface area contributed by atoms with Crippen molar-refractivity contribution in [3.63, 3.8) is 0 Å². The van der Waals surface area contributed by atoms with Gasteiger partial charge >= 0.3 is 0 Å². The van der Waals surface area contributed by atoms with Crippen LogP contribution < -0.4 is 5.84 Å². The molecule has 0 rings (SSSR count). The molecule has 0 spiro atoms. The van der Waals surface area contributed by atoms with Gasteiger partial charge < -0.3 is 24.8 Å². The van der Waals surface area contributed by atoms with Crippen LogP contribution in [0.25, 0.3) is 0 Å². The molecule has 0 aromatic rings. The predicted octanol–water partition coefficient (Wildman–Crippen LogP) is 1.22. The van der Waals surface area contributed by atoms with E-state index in [4.69, 9.17) is 24.8 Å². The Morgan fingerprint density at radius 1 is 0.960 bits per heavy atom. The molecule has 2 N–H and O–H groups in total. The Hall–Kier alpha value is -1.35. The smallest absolute Gasteiger partial charge is 0.134 e. The molecule has 0 aliphatic heterocycles. The van der Waals surface area contributed by atoms with Gasteiger partial charge in [0.15, 0.2) is 0 Å². The van der Waals surface area contributed by atoms with Crippen molar-refractivity contribution in [3.8, 4) is 0 Å². The highest BCUT2D eigenvalue weighted by Gasteiger charge is 1.99. The van der Waals surface area contributed by atoms with Gasteiger partial charge in [-0.2, -0.15) is 5.10 Å². The molecule has 0 saturated heterocycles. The number of carbonyl (C=O) groups is 1. The largest absolute Gasteiger partial charge is 0.379 e. The molecule has 0 radical (unpaired) electrons. The summed E-state index contributed by atoms with van der Waals surface area (Å²) in [5, 5.41) is 3.61. The van der Waals surface area contributed by atoms with E-state index in [2.05, 4.69) is 10.1 Å². The maximum atomic E-state index is 11.1. The molecule has 0 heterocycles. The van der Waals surface area contributed by atoms with E-state index in [1.807, 2.05) is 20.8 Å². The van der Waals surface area contributed by atoms with E-state index in [0.717, 1.165) is 0 Å². The fourth-order valence-corrected chi connectivity index (χ4v) is 1.54. The second-order valence-corrected chi connectivity index (χ2v) is 5.52. The van der Waals surface area contributed by atoms with Crippen LogP contribution in [0.1, 0.15) is 33.6 Å². The zero-order valence-electron chi connectivity index (χ0n) is 15.7. The first-order chi connectivity index (χ1) is 12.1. The summed E-state index contributed by atoms with van der Waals surface area (Å²) >= 11 is 0. The van der Waals surface area contributed by atoms with Crippen LogP contribution in [0.3, 0.4) is 0 Å². The topological polar surface area (TPSA) is 105 Å². The molecule has 8 heteroatoms. The van der Waals surface area contributed by atoms with Crippen LogP contribution in [0.5, 0.6) is 0 Å². The van der Waals surface area contributed by atoms with Crippen molar-refractivity contribution in [1.82, 2.24) is 0 Å². The third-order valence-electron chi connectivity index (χ3n) is 2.97. The van der Waals surface area contributed by atoms with Gasteiger partial charge in [-0.15, -0.1) is 0 Å². The van der Waals surface area contributed by atoms with Gasteiger partial charge in [-0.05, 0) is 13.8 Å². The average molecular weight is 359 g/mol. The van der Waals surface area contributed by atoms with E-state index in [1.165, 1.54) is 0 Å². The third kappa shape index (κ3) is 17.3. The minimum atomic E-state index is 0.198. The first-order valence-corrected chi connectivity index (χ1v) is 8.72. The summed E-state index contributed by atoms with van der Waals surface area (Å²) < 4.78 is 21.4. The minimum absolute atomic E-state index is 0.198. The van der Waals surface area contributed by atoms with Gasteiger partial charge in [0.25, 0.3) is 0 Å². The molecular formula is C17H33N3O5. The van der Waals surface area contributed by atoms with Crippen LogP contribution in [-0.4, -0.2) is 76.6 Å². The Bertz CT molecular complexity index is 386. The van der Waals surface area contributed by atoms with E-state index >= 15 is 0 Å². The fourth-order valence-electron chi connectivity index (χ4n) is 1.54. The Morgan fingerprint density at radius 3 is 1.96 bits per heavy atom. The van der Waals surface area contributed by atoms with E-state index in [9.17, 15) is 4.79 Å². The molecule has 146 valence electrons. The number of ether oxygens (including phenoxy) is 4. The Morgan fingerprint density at radius 2 is 1.48 bits per heavy atom. The van der Waals surface area contributed by atoms with Crippen molar-refractivity contribution in [1.29, 1.82) is 0 Å². The number of hydrazone groups is 1. The minimum Gasteiger partial charge on any atom is -0.379 e. The van der Waals surface area contributed by atoms with E-state index in [-0.39, 0.29) is 11.8 Å². The zero-order chi connectivity index (χ0) is 18.8. The Balaban J connectivity index is 3.32. The lowest BCUT2D eigenvalue weighted by Crippen LogP contribution is -2.17. The van der Waals surface area contributed by atoms with Crippen molar-refractivity contribution < 1.29 is 23.7 Å². The van der Waals surface area contributed by atoms with Crippen molar-refractivity contribution in [2.45, 2.75) is 39.7 Å². The van der Waals surface area contributed by atoms with Gasteiger partial charge in [0, 0.05) is 25.1 Å². The van der Waals surface area contributed by atoms with Crippen molar-refractivity contribution in [2.75, 3.05) is 52.9 Å². The summed E-state index contributed by atoms with van der Waals surface area (Å²) in [6, 6.07) is 0.198. The van der Waals surface area contributed by atoms with Gasteiger partial charge in [0.05, 0.1) is 52.9 Å². The summed E-state index contributed by atoms with van der Waals surface area (Å²) in [5.41, 5.74) is 0.595. The van der Waals surface area contributed by atoms with Crippen molar-refractivity contribution >= 4 is 17.7 Å². The number of Topliss-reactive ketones (excluding diaryl/α,β-unsaturated/α-hetero) is 1. The lowest BCUT2D eigenvalue weighted by molar-refractivity contribution is -0.120. The van der Waals surface area contributed by atoms with Crippen molar-refractivity contribution in [3.05, 3.63) is 0 Å². The van der Waals surface area contributed by atoms with Crippen LogP contribution in [0.15, 0.2) is 10.1 Å². The highest BCUT2D eigenvalue weighted by Crippen LogP contribution is 1.90. The number of ketones is 1. The summed E-state index contributed by atoms with van der Waals surface area (Å²) in [5.74, 6) is 5.48. The number of aliphatic imine (C=N–C) groups is 1. The van der Waals surface area contributed by atoms with Gasteiger partial charge in [-0.3, -0.25) is 9.79 Å². The molecule has 0 aliphatic carbocycles. The summed E-state index contributed by atoms with van der Waals surface area (Å²) in [6.07, 6.45) is 2.66. The van der Waals surface area contributed by atoms with Gasteiger partial charge in [0.1, 0.15) is 11.5 Å². The molecule has 0 aromatic heterocycles. The van der Waals surface area contributed by atoms with Gasteiger partial charge in [0.2, 0.25) is 0 Å². The Kier molecular flexibility index (Phi) is 16.5. The monoisotopic (exact) mass is 359 g/mol. The van der Waals surface area contributed by atoms with E-state index in [0.29, 0.717) is 71.4 Å². The standard InChI is InChI=1S/C17H33N3O5/c1-4-17(21)5-6-22-7-8-23-9-10-24-11-12-25-14-16(20-18)13-19-15(2)3/h13,15H,4-12,14,18H2,1-3H3/b19-13?,20-16+. The normalized spacial score (nSPS) is 12.4. The van der Waals surface area contributed by atoms with Crippen LogP contribution in [0.2, 0.25) is 0 Å².